The summed E-state index contributed by atoms with van der Waals surface area (Å²) in [5.74, 6) is 0.452. The van der Waals surface area contributed by atoms with E-state index in [-0.39, 0.29) is 10.4 Å². The third-order valence-corrected chi connectivity index (χ3v) is 4.27. The first kappa shape index (κ1) is 14.0. The standard InChI is InChI=1S/C9H11Cl3N2OS/c1-5(16(2)15)4-13-9-7(11)3-6(10)8(12)14-9/h3,5H,4H2,1-2H3,(H,13,14). The number of nitrogens with zero attached hydrogens (tertiary/aromatic N) is 1. The lowest BCUT2D eigenvalue weighted by Gasteiger charge is -2.12. The fourth-order valence-electron chi connectivity index (χ4n) is 0.926. The Morgan fingerprint density at radius 1 is 1.44 bits per heavy atom. The minimum atomic E-state index is -0.893. The van der Waals surface area contributed by atoms with Crippen LogP contribution in [-0.4, -0.2) is 27.2 Å². The molecule has 0 bridgehead atoms. The summed E-state index contributed by atoms with van der Waals surface area (Å²) in [6.45, 7) is 2.38. The minimum Gasteiger partial charge on any atom is -0.368 e. The van der Waals surface area contributed by atoms with Crippen molar-refractivity contribution < 1.29 is 4.21 Å². The Hall–Kier alpha value is -0.0300. The monoisotopic (exact) mass is 300 g/mol. The molecule has 0 saturated heterocycles. The first-order valence-electron chi connectivity index (χ1n) is 4.49. The van der Waals surface area contributed by atoms with Gasteiger partial charge in [-0.25, -0.2) is 4.98 Å². The van der Waals surface area contributed by atoms with Crippen molar-refractivity contribution in [2.75, 3.05) is 18.1 Å². The van der Waals surface area contributed by atoms with E-state index in [1.54, 1.807) is 6.26 Å². The van der Waals surface area contributed by atoms with Gasteiger partial charge in [-0.3, -0.25) is 4.21 Å². The van der Waals surface area contributed by atoms with E-state index in [4.69, 9.17) is 34.8 Å². The zero-order valence-corrected chi connectivity index (χ0v) is 11.8. The summed E-state index contributed by atoms with van der Waals surface area (Å²) in [4.78, 5) is 4.00. The summed E-state index contributed by atoms with van der Waals surface area (Å²) < 4.78 is 11.1. The van der Waals surface area contributed by atoms with E-state index in [0.717, 1.165) is 0 Å². The van der Waals surface area contributed by atoms with Gasteiger partial charge in [0.25, 0.3) is 0 Å². The van der Waals surface area contributed by atoms with Crippen LogP contribution < -0.4 is 5.32 Å². The molecule has 0 spiro atoms. The summed E-state index contributed by atoms with van der Waals surface area (Å²) in [5.41, 5.74) is 0. The molecule has 1 aromatic rings. The van der Waals surface area contributed by atoms with Gasteiger partial charge in [0.1, 0.15) is 11.0 Å². The van der Waals surface area contributed by atoms with Gasteiger partial charge in [-0.2, -0.15) is 0 Å². The largest absolute Gasteiger partial charge is 0.368 e. The average Bonchev–Trinajstić information content (AvgIpc) is 2.20. The molecule has 3 nitrogen and oxygen atoms in total. The number of aromatic nitrogens is 1. The molecule has 1 rings (SSSR count). The van der Waals surface area contributed by atoms with Crippen LogP contribution in [0.15, 0.2) is 6.07 Å². The third kappa shape index (κ3) is 3.77. The Morgan fingerprint density at radius 3 is 2.62 bits per heavy atom. The highest BCUT2D eigenvalue weighted by Gasteiger charge is 2.10. The second kappa shape index (κ2) is 6.05. The lowest BCUT2D eigenvalue weighted by atomic mass is 10.4. The Labute approximate surface area is 112 Å². The van der Waals surface area contributed by atoms with Crippen molar-refractivity contribution in [1.29, 1.82) is 0 Å². The van der Waals surface area contributed by atoms with E-state index >= 15 is 0 Å². The summed E-state index contributed by atoms with van der Waals surface area (Å²) >= 11 is 17.4. The van der Waals surface area contributed by atoms with Crippen molar-refractivity contribution in [1.82, 2.24) is 4.98 Å². The Kier molecular flexibility index (Phi) is 5.31. The highest BCUT2D eigenvalue weighted by Crippen LogP contribution is 2.28. The molecule has 90 valence electrons. The fraction of sp³-hybridized carbons (Fsp3) is 0.444. The van der Waals surface area contributed by atoms with Crippen molar-refractivity contribution in [3.8, 4) is 0 Å². The van der Waals surface area contributed by atoms with Crippen LogP contribution in [-0.2, 0) is 10.8 Å². The summed E-state index contributed by atoms with van der Waals surface area (Å²) in [7, 11) is -0.893. The minimum absolute atomic E-state index is 0.00678. The maximum atomic E-state index is 11.1. The second-order valence-electron chi connectivity index (χ2n) is 3.28. The molecule has 0 amide bonds. The molecule has 0 aliphatic rings. The lowest BCUT2D eigenvalue weighted by Crippen LogP contribution is -2.21. The van der Waals surface area contributed by atoms with E-state index in [1.807, 2.05) is 6.92 Å². The molecular weight excluding hydrogens is 291 g/mol. The highest BCUT2D eigenvalue weighted by molar-refractivity contribution is 7.84. The van der Waals surface area contributed by atoms with Gasteiger partial charge in [0.15, 0.2) is 0 Å². The third-order valence-electron chi connectivity index (χ3n) is 2.01. The van der Waals surface area contributed by atoms with Crippen LogP contribution >= 0.6 is 34.8 Å². The predicted octanol–water partition coefficient (Wildman–Crippen LogP) is 3.22. The number of anilines is 1. The van der Waals surface area contributed by atoms with Gasteiger partial charge in [-0.1, -0.05) is 34.8 Å². The van der Waals surface area contributed by atoms with Crippen LogP contribution in [0.2, 0.25) is 15.2 Å². The van der Waals surface area contributed by atoms with E-state index in [9.17, 15) is 4.21 Å². The number of halogens is 3. The molecule has 0 aromatic carbocycles. The highest BCUT2D eigenvalue weighted by atomic mass is 35.5. The van der Waals surface area contributed by atoms with Crippen LogP contribution in [0.1, 0.15) is 6.92 Å². The van der Waals surface area contributed by atoms with Crippen molar-refractivity contribution in [3.05, 3.63) is 21.3 Å². The molecule has 0 radical (unpaired) electrons. The molecule has 2 unspecified atom stereocenters. The van der Waals surface area contributed by atoms with E-state index in [0.29, 0.717) is 22.4 Å². The molecule has 0 aliphatic heterocycles. The fourth-order valence-corrected chi connectivity index (χ4v) is 1.81. The molecule has 7 heteroatoms. The van der Waals surface area contributed by atoms with Gasteiger partial charge in [-0.15, -0.1) is 0 Å². The van der Waals surface area contributed by atoms with Crippen molar-refractivity contribution in [2.24, 2.45) is 0 Å². The topological polar surface area (TPSA) is 42.0 Å². The second-order valence-corrected chi connectivity index (χ2v) is 6.26. The molecule has 0 aliphatic carbocycles. The first-order valence-corrected chi connectivity index (χ1v) is 7.25. The number of rotatable bonds is 4. The van der Waals surface area contributed by atoms with Gasteiger partial charge in [0.2, 0.25) is 0 Å². The van der Waals surface area contributed by atoms with Crippen LogP contribution in [0, 0.1) is 0 Å². The molecule has 0 saturated carbocycles. The van der Waals surface area contributed by atoms with Crippen LogP contribution in [0.3, 0.4) is 0 Å². The lowest BCUT2D eigenvalue weighted by molar-refractivity contribution is 0.679. The molecule has 1 aromatic heterocycles. The quantitative estimate of drug-likeness (QED) is 0.868. The smallest absolute Gasteiger partial charge is 0.150 e. The van der Waals surface area contributed by atoms with Gasteiger partial charge < -0.3 is 5.32 Å². The molecule has 0 fully saturated rings. The normalized spacial score (nSPS) is 14.6. The van der Waals surface area contributed by atoms with Crippen LogP contribution in [0.4, 0.5) is 5.82 Å². The van der Waals surface area contributed by atoms with Crippen molar-refractivity contribution >= 4 is 51.4 Å². The van der Waals surface area contributed by atoms with Gasteiger partial charge >= 0.3 is 0 Å². The van der Waals surface area contributed by atoms with E-state index < -0.39 is 10.8 Å². The molecular formula is C9H11Cl3N2OS. The zero-order chi connectivity index (χ0) is 12.3. The summed E-state index contributed by atoms with van der Waals surface area (Å²) in [5, 5.41) is 3.88. The maximum Gasteiger partial charge on any atom is 0.150 e. The van der Waals surface area contributed by atoms with Gasteiger partial charge in [0, 0.05) is 28.9 Å². The van der Waals surface area contributed by atoms with Crippen molar-refractivity contribution in [3.63, 3.8) is 0 Å². The number of hydrogen-bond donors (Lipinski definition) is 1. The zero-order valence-electron chi connectivity index (χ0n) is 8.76. The van der Waals surface area contributed by atoms with E-state index in [1.165, 1.54) is 6.07 Å². The maximum absolute atomic E-state index is 11.1. The van der Waals surface area contributed by atoms with E-state index in [2.05, 4.69) is 10.3 Å². The first-order chi connectivity index (χ1) is 7.41. The molecule has 1 N–H and O–H groups in total. The van der Waals surface area contributed by atoms with Crippen LogP contribution in [0.25, 0.3) is 0 Å². The Balaban J connectivity index is 2.74. The molecule has 1 heterocycles. The summed E-state index contributed by atoms with van der Waals surface area (Å²) in [6, 6.07) is 1.52. The number of nitrogens with one attached hydrogen (secondary N) is 1. The molecule has 2 atom stereocenters. The SMILES string of the molecule is CC(CNc1nc(Cl)c(Cl)cc1Cl)S(C)=O. The molecule has 16 heavy (non-hydrogen) atoms. The summed E-state index contributed by atoms with van der Waals surface area (Å²) in [6.07, 6.45) is 1.65. The Morgan fingerprint density at radius 2 is 2.06 bits per heavy atom. The van der Waals surface area contributed by atoms with Crippen LogP contribution in [0.5, 0.6) is 0 Å². The average molecular weight is 302 g/mol. The van der Waals surface area contributed by atoms with Gasteiger partial charge in [-0.05, 0) is 13.0 Å². The number of hydrogen-bond acceptors (Lipinski definition) is 3. The van der Waals surface area contributed by atoms with Gasteiger partial charge in [0.05, 0.1) is 10.0 Å². The Bertz CT molecular complexity index is 414. The number of pyridine rings is 1. The predicted molar refractivity (Wildman–Crippen MR) is 71.3 cm³/mol. The van der Waals surface area contributed by atoms with Crippen molar-refractivity contribution in [2.45, 2.75) is 12.2 Å².